The van der Waals surface area contributed by atoms with Crippen molar-refractivity contribution in [3.63, 3.8) is 0 Å². The number of alkyl halides is 2. The molecule has 1 atom stereocenters. The van der Waals surface area contributed by atoms with Crippen LogP contribution in [0.15, 0.2) is 6.33 Å². The monoisotopic (exact) mass is 533 g/mol. The highest BCUT2D eigenvalue weighted by Crippen LogP contribution is 2.14. The molecule has 0 N–H and O–H groups in total. The van der Waals surface area contributed by atoms with Crippen LogP contribution < -0.4 is 4.57 Å². The van der Waals surface area contributed by atoms with Crippen LogP contribution in [-0.4, -0.2) is 14.7 Å². The molecule has 0 saturated carbocycles. The fourth-order valence-corrected chi connectivity index (χ4v) is 2.62. The number of hydrogen-bond donors (Lipinski definition) is 0. The zero-order chi connectivity index (χ0) is 10.0. The van der Waals surface area contributed by atoms with E-state index in [1.54, 1.807) is 0 Å². The highest BCUT2D eigenvalue weighted by atomic mass is 127. The molecular weight excluding hydrogens is 526 g/mol. The smallest absolute Gasteiger partial charge is 0.227 e. The van der Waals surface area contributed by atoms with Gasteiger partial charge in [0.1, 0.15) is 6.54 Å². The Morgan fingerprint density at radius 3 is 2.62 bits per heavy atom. The van der Waals surface area contributed by atoms with Crippen molar-refractivity contribution in [2.45, 2.75) is 11.4 Å². The highest BCUT2D eigenvalue weighted by molar-refractivity contribution is 14.1. The van der Waals surface area contributed by atoms with Gasteiger partial charge in [-0.3, -0.25) is 0 Å². The minimum atomic E-state index is 0.490. The topological polar surface area (TPSA) is 8.81 Å². The standard InChI is InChI=1S/C7H9Br2I2N2/c1-12-4-13(3-5(9)2-8)7(11)6(12)10/h4-5H,2-3H2,1H3/q+1. The summed E-state index contributed by atoms with van der Waals surface area (Å²) in [6.07, 6.45) is 2.13. The Kier molecular flexibility index (Phi) is 5.51. The Hall–Kier alpha value is 1.63. The van der Waals surface area contributed by atoms with E-state index in [1.165, 1.54) is 7.40 Å². The van der Waals surface area contributed by atoms with Gasteiger partial charge >= 0.3 is 0 Å². The van der Waals surface area contributed by atoms with Gasteiger partial charge in [-0.05, 0) is 0 Å². The van der Waals surface area contributed by atoms with Gasteiger partial charge in [-0.1, -0.05) is 31.9 Å². The van der Waals surface area contributed by atoms with Crippen LogP contribution in [0.4, 0.5) is 0 Å². The number of aryl methyl sites for hydroxylation is 1. The van der Waals surface area contributed by atoms with Gasteiger partial charge in [0.15, 0.2) is 0 Å². The van der Waals surface area contributed by atoms with Gasteiger partial charge in [-0.2, -0.15) is 0 Å². The number of rotatable bonds is 3. The summed E-state index contributed by atoms with van der Waals surface area (Å²) in [7, 11) is 2.07. The predicted molar refractivity (Wildman–Crippen MR) is 77.6 cm³/mol. The third-order valence-corrected chi connectivity index (χ3v) is 7.31. The normalized spacial score (nSPS) is 13.3. The van der Waals surface area contributed by atoms with Crippen molar-refractivity contribution >= 4 is 77.0 Å². The summed E-state index contributed by atoms with van der Waals surface area (Å²) in [5, 5.41) is 0.974. The molecule has 0 aliphatic rings. The van der Waals surface area contributed by atoms with E-state index in [2.05, 4.69) is 99.6 Å². The Morgan fingerprint density at radius 1 is 1.62 bits per heavy atom. The maximum atomic E-state index is 3.60. The average molecular weight is 535 g/mol. The van der Waals surface area contributed by atoms with Crippen LogP contribution in [0.5, 0.6) is 0 Å². The van der Waals surface area contributed by atoms with Crippen molar-refractivity contribution in [2.24, 2.45) is 7.05 Å². The van der Waals surface area contributed by atoms with Crippen molar-refractivity contribution in [2.75, 3.05) is 5.33 Å². The van der Waals surface area contributed by atoms with Gasteiger partial charge in [0.2, 0.25) is 13.7 Å². The second-order valence-corrected chi connectivity index (χ2v) is 6.70. The van der Waals surface area contributed by atoms with E-state index in [0.29, 0.717) is 4.83 Å². The molecule has 1 aromatic rings. The number of imidazole rings is 1. The van der Waals surface area contributed by atoms with Crippen LogP contribution in [0.25, 0.3) is 0 Å². The van der Waals surface area contributed by atoms with E-state index in [0.717, 1.165) is 11.9 Å². The third-order valence-electron chi connectivity index (χ3n) is 1.61. The van der Waals surface area contributed by atoms with E-state index in [9.17, 15) is 0 Å². The zero-order valence-corrected chi connectivity index (χ0v) is 14.5. The first-order chi connectivity index (χ1) is 6.06. The van der Waals surface area contributed by atoms with Crippen LogP contribution in [0.2, 0.25) is 0 Å². The fourth-order valence-electron chi connectivity index (χ4n) is 0.964. The molecular formula is C7H9Br2I2N2+. The molecule has 0 spiro atoms. The Bertz CT molecular complexity index is 301. The van der Waals surface area contributed by atoms with Crippen LogP contribution in [-0.2, 0) is 13.6 Å². The quantitative estimate of drug-likeness (QED) is 0.320. The van der Waals surface area contributed by atoms with Crippen LogP contribution in [0, 0.1) is 7.40 Å². The van der Waals surface area contributed by atoms with Gasteiger partial charge in [-0.25, -0.2) is 9.13 Å². The summed E-state index contributed by atoms with van der Waals surface area (Å²) in [6, 6.07) is 0. The second kappa shape index (κ2) is 5.64. The van der Waals surface area contributed by atoms with E-state index >= 15 is 0 Å². The number of halogens is 4. The largest absolute Gasteiger partial charge is 0.245 e. The molecule has 0 radical (unpaired) electrons. The molecule has 0 saturated heterocycles. The molecule has 74 valence electrons. The van der Waals surface area contributed by atoms with E-state index in [4.69, 9.17) is 0 Å². The summed E-state index contributed by atoms with van der Waals surface area (Å²) >= 11 is 11.8. The van der Waals surface area contributed by atoms with Crippen molar-refractivity contribution in [3.05, 3.63) is 13.7 Å². The van der Waals surface area contributed by atoms with Crippen molar-refractivity contribution in [1.82, 2.24) is 4.57 Å². The minimum Gasteiger partial charge on any atom is -0.227 e. The van der Waals surface area contributed by atoms with E-state index in [1.807, 2.05) is 0 Å². The van der Waals surface area contributed by atoms with Crippen LogP contribution >= 0.6 is 77.0 Å². The number of aromatic nitrogens is 2. The lowest BCUT2D eigenvalue weighted by Crippen LogP contribution is -2.29. The molecule has 1 aromatic heterocycles. The molecule has 6 heteroatoms. The third kappa shape index (κ3) is 3.30. The molecule has 1 rings (SSSR count). The first-order valence-electron chi connectivity index (χ1n) is 3.66. The Morgan fingerprint density at radius 2 is 2.23 bits per heavy atom. The van der Waals surface area contributed by atoms with Crippen molar-refractivity contribution < 1.29 is 4.57 Å². The highest BCUT2D eigenvalue weighted by Gasteiger charge is 2.18. The maximum absolute atomic E-state index is 3.60. The average Bonchev–Trinajstić information content (AvgIpc) is 2.34. The molecule has 0 fully saturated rings. The van der Waals surface area contributed by atoms with Crippen LogP contribution in [0.1, 0.15) is 0 Å². The summed E-state index contributed by atoms with van der Waals surface area (Å²) in [5.74, 6) is 0. The lowest BCUT2D eigenvalue weighted by Gasteiger charge is -2.01. The number of hydrogen-bond acceptors (Lipinski definition) is 0. The van der Waals surface area contributed by atoms with Gasteiger partial charge in [-0.15, -0.1) is 0 Å². The Labute approximate surface area is 122 Å². The minimum absolute atomic E-state index is 0.490. The molecule has 0 aromatic carbocycles. The summed E-state index contributed by atoms with van der Waals surface area (Å²) in [5.41, 5.74) is 0. The second-order valence-electron chi connectivity index (χ2n) is 2.71. The summed E-state index contributed by atoms with van der Waals surface area (Å²) in [6.45, 7) is 1.00. The van der Waals surface area contributed by atoms with Gasteiger partial charge < -0.3 is 0 Å². The zero-order valence-electron chi connectivity index (χ0n) is 6.98. The molecule has 0 aliphatic heterocycles. The molecule has 0 aliphatic carbocycles. The van der Waals surface area contributed by atoms with Gasteiger partial charge in [0.05, 0.1) is 11.9 Å². The first-order valence-corrected chi connectivity index (χ1v) is 7.85. The first kappa shape index (κ1) is 12.7. The molecule has 1 unspecified atom stereocenters. The lowest BCUT2D eigenvalue weighted by atomic mass is 10.5. The molecule has 1 heterocycles. The molecule has 2 nitrogen and oxygen atoms in total. The van der Waals surface area contributed by atoms with Gasteiger partial charge in [0.25, 0.3) is 0 Å². The number of nitrogens with zero attached hydrogens (tertiary/aromatic N) is 2. The van der Waals surface area contributed by atoms with Crippen molar-refractivity contribution in [3.8, 4) is 0 Å². The molecule has 0 amide bonds. The lowest BCUT2D eigenvalue weighted by molar-refractivity contribution is -0.683. The van der Waals surface area contributed by atoms with E-state index < -0.39 is 0 Å². The maximum Gasteiger partial charge on any atom is 0.245 e. The van der Waals surface area contributed by atoms with Gasteiger partial charge in [0, 0.05) is 50.5 Å². The van der Waals surface area contributed by atoms with E-state index in [-0.39, 0.29) is 0 Å². The van der Waals surface area contributed by atoms with Crippen LogP contribution in [0.3, 0.4) is 0 Å². The summed E-state index contributed by atoms with van der Waals surface area (Å²) in [4.78, 5) is 0.490. The fraction of sp³-hybridized carbons (Fsp3) is 0.571. The Balaban J connectivity index is 2.83. The molecule has 13 heavy (non-hydrogen) atoms. The predicted octanol–water partition coefficient (Wildman–Crippen LogP) is 2.68. The SMILES string of the molecule is C[n+]1cn(CC(Br)CBr)c(I)c1I. The van der Waals surface area contributed by atoms with Crippen molar-refractivity contribution in [1.29, 1.82) is 0 Å². The summed E-state index contributed by atoms with van der Waals surface area (Å²) < 4.78 is 6.97. The molecule has 0 bridgehead atoms.